The Kier molecular flexibility index (Phi) is 5.51. The van der Waals surface area contributed by atoms with Crippen LogP contribution in [0.3, 0.4) is 0 Å². The van der Waals surface area contributed by atoms with Crippen LogP contribution in [-0.2, 0) is 11.2 Å². The minimum absolute atomic E-state index is 0.103. The number of non-ortho nitro benzene ring substituents is 1. The largest absolute Gasteiger partial charge is 0.324 e. The maximum absolute atomic E-state index is 13.4. The minimum Gasteiger partial charge on any atom is -0.324 e. The summed E-state index contributed by atoms with van der Waals surface area (Å²) in [5.41, 5.74) is 1.94. The Labute approximate surface area is 183 Å². The molecule has 4 rings (SSSR count). The van der Waals surface area contributed by atoms with Gasteiger partial charge >= 0.3 is 0 Å². The smallest absolute Gasteiger partial charge is 0.271 e. The van der Waals surface area contributed by atoms with E-state index in [0.29, 0.717) is 5.56 Å². The van der Waals surface area contributed by atoms with Crippen molar-refractivity contribution in [3.05, 3.63) is 105 Å². The van der Waals surface area contributed by atoms with Crippen molar-refractivity contribution in [3.8, 4) is 0 Å². The van der Waals surface area contributed by atoms with Gasteiger partial charge in [0.15, 0.2) is 0 Å². The highest BCUT2D eigenvalue weighted by Gasteiger charge is 2.42. The molecule has 0 saturated heterocycles. The summed E-state index contributed by atoms with van der Waals surface area (Å²) in [4.78, 5) is 51.0. The van der Waals surface area contributed by atoms with Gasteiger partial charge in [-0.3, -0.25) is 29.4 Å². The number of fused-ring (bicyclic) bond motifs is 1. The molecule has 1 aliphatic rings. The lowest BCUT2D eigenvalue weighted by atomic mass is 10.0. The van der Waals surface area contributed by atoms with E-state index in [1.807, 2.05) is 6.07 Å². The zero-order valence-electron chi connectivity index (χ0n) is 17.1. The van der Waals surface area contributed by atoms with Crippen molar-refractivity contribution in [1.29, 1.82) is 0 Å². The quantitative estimate of drug-likeness (QED) is 0.365. The molecule has 1 aliphatic heterocycles. The van der Waals surface area contributed by atoms with E-state index in [-0.39, 0.29) is 28.9 Å². The second-order valence-corrected chi connectivity index (χ2v) is 7.48. The summed E-state index contributed by atoms with van der Waals surface area (Å²) in [6.45, 7) is 1.70. The number of benzene rings is 3. The average Bonchev–Trinajstić information content (AvgIpc) is 3.04. The van der Waals surface area contributed by atoms with Crippen molar-refractivity contribution in [1.82, 2.24) is 4.90 Å². The Morgan fingerprint density at radius 3 is 2.16 bits per heavy atom. The second kappa shape index (κ2) is 8.43. The number of imide groups is 1. The molecule has 0 aliphatic carbocycles. The fourth-order valence-corrected chi connectivity index (χ4v) is 3.70. The Balaban J connectivity index is 1.70. The van der Waals surface area contributed by atoms with E-state index in [4.69, 9.17) is 0 Å². The van der Waals surface area contributed by atoms with Crippen LogP contribution in [0.5, 0.6) is 0 Å². The summed E-state index contributed by atoms with van der Waals surface area (Å²) in [7, 11) is 0. The fourth-order valence-electron chi connectivity index (χ4n) is 3.70. The number of anilines is 1. The molecule has 8 heteroatoms. The van der Waals surface area contributed by atoms with Crippen molar-refractivity contribution in [3.63, 3.8) is 0 Å². The van der Waals surface area contributed by atoms with E-state index in [9.17, 15) is 24.5 Å². The van der Waals surface area contributed by atoms with Gasteiger partial charge in [-0.15, -0.1) is 0 Å². The lowest BCUT2D eigenvalue weighted by molar-refractivity contribution is -0.384. The Morgan fingerprint density at radius 2 is 1.56 bits per heavy atom. The van der Waals surface area contributed by atoms with Gasteiger partial charge in [0.25, 0.3) is 17.5 Å². The number of nitrogens with one attached hydrogen (secondary N) is 1. The Hall–Kier alpha value is -4.33. The standard InChI is InChI=1S/C24H19N3O5/c1-15-11-12-17(27(31)32)14-20(15)25-22(28)21(13-16-7-3-2-4-8-16)26-23(29)18-9-5-6-10-19(18)24(26)30/h2-12,14,21H,13H2,1H3,(H,25,28)/t21-/m1/s1. The van der Waals surface area contributed by atoms with Gasteiger partial charge in [-0.1, -0.05) is 48.5 Å². The van der Waals surface area contributed by atoms with Crippen LogP contribution in [0, 0.1) is 17.0 Å². The van der Waals surface area contributed by atoms with Crippen molar-refractivity contribution in [2.24, 2.45) is 0 Å². The molecule has 3 aromatic carbocycles. The maximum Gasteiger partial charge on any atom is 0.271 e. The van der Waals surface area contributed by atoms with E-state index >= 15 is 0 Å². The van der Waals surface area contributed by atoms with Crippen LogP contribution < -0.4 is 5.32 Å². The minimum atomic E-state index is -1.14. The molecule has 0 bridgehead atoms. The highest BCUT2D eigenvalue weighted by Crippen LogP contribution is 2.28. The Bertz CT molecular complexity index is 1200. The molecular weight excluding hydrogens is 410 g/mol. The third-order valence-electron chi connectivity index (χ3n) is 5.40. The van der Waals surface area contributed by atoms with E-state index in [1.54, 1.807) is 55.5 Å². The van der Waals surface area contributed by atoms with Gasteiger partial charge in [0, 0.05) is 18.6 Å². The van der Waals surface area contributed by atoms with Crippen LogP contribution >= 0.6 is 0 Å². The zero-order valence-corrected chi connectivity index (χ0v) is 17.1. The number of carbonyl (C=O) groups is 3. The summed E-state index contributed by atoms with van der Waals surface area (Å²) in [6.07, 6.45) is 0.103. The Morgan fingerprint density at radius 1 is 0.969 bits per heavy atom. The molecule has 3 amide bonds. The molecule has 0 unspecified atom stereocenters. The lowest BCUT2D eigenvalue weighted by Gasteiger charge is -2.26. The van der Waals surface area contributed by atoms with Crippen molar-refractivity contribution in [2.75, 3.05) is 5.32 Å². The number of carbonyl (C=O) groups excluding carboxylic acids is 3. The third-order valence-corrected chi connectivity index (χ3v) is 5.40. The summed E-state index contributed by atoms with van der Waals surface area (Å²) < 4.78 is 0. The van der Waals surface area contributed by atoms with Crippen LogP contribution in [0.4, 0.5) is 11.4 Å². The molecule has 1 heterocycles. The van der Waals surface area contributed by atoms with Crippen LogP contribution in [0.15, 0.2) is 72.8 Å². The monoisotopic (exact) mass is 429 g/mol. The van der Waals surface area contributed by atoms with Crippen LogP contribution in [-0.4, -0.2) is 33.6 Å². The lowest BCUT2D eigenvalue weighted by Crippen LogP contribution is -2.48. The highest BCUT2D eigenvalue weighted by atomic mass is 16.6. The number of hydrogen-bond donors (Lipinski definition) is 1. The van der Waals surface area contributed by atoms with E-state index in [0.717, 1.165) is 10.5 Å². The number of hydrogen-bond acceptors (Lipinski definition) is 5. The van der Waals surface area contributed by atoms with Gasteiger partial charge in [-0.25, -0.2) is 0 Å². The van der Waals surface area contributed by atoms with E-state index < -0.39 is 28.7 Å². The molecule has 0 aromatic heterocycles. The van der Waals surface area contributed by atoms with Gasteiger partial charge in [0.2, 0.25) is 5.91 Å². The number of rotatable bonds is 6. The van der Waals surface area contributed by atoms with E-state index in [1.165, 1.54) is 18.2 Å². The second-order valence-electron chi connectivity index (χ2n) is 7.48. The summed E-state index contributed by atoms with van der Waals surface area (Å²) in [6, 6.07) is 18.5. The van der Waals surface area contributed by atoms with Crippen LogP contribution in [0.25, 0.3) is 0 Å². The normalized spacial score (nSPS) is 13.6. The predicted molar refractivity (Wildman–Crippen MR) is 117 cm³/mol. The van der Waals surface area contributed by atoms with Gasteiger partial charge in [0.05, 0.1) is 21.7 Å². The number of nitro groups is 1. The van der Waals surface area contributed by atoms with E-state index in [2.05, 4.69) is 5.32 Å². The molecule has 3 aromatic rings. The molecule has 0 saturated carbocycles. The van der Waals surface area contributed by atoms with Crippen molar-refractivity contribution < 1.29 is 19.3 Å². The fraction of sp³-hybridized carbons (Fsp3) is 0.125. The van der Waals surface area contributed by atoms with Gasteiger partial charge < -0.3 is 5.32 Å². The van der Waals surface area contributed by atoms with Gasteiger partial charge in [0.1, 0.15) is 6.04 Å². The number of amides is 3. The molecule has 0 radical (unpaired) electrons. The first kappa shape index (κ1) is 20.9. The first-order valence-electron chi connectivity index (χ1n) is 9.93. The molecule has 0 spiro atoms. The molecular formula is C24H19N3O5. The number of nitrogens with zero attached hydrogens (tertiary/aromatic N) is 2. The summed E-state index contributed by atoms with van der Waals surface area (Å²) >= 11 is 0. The van der Waals surface area contributed by atoms with Gasteiger partial charge in [-0.05, 0) is 30.2 Å². The molecule has 1 atom stereocenters. The molecule has 160 valence electrons. The molecule has 0 fully saturated rings. The first-order valence-corrected chi connectivity index (χ1v) is 9.93. The molecule has 32 heavy (non-hydrogen) atoms. The molecule has 1 N–H and O–H groups in total. The first-order chi connectivity index (χ1) is 15.4. The summed E-state index contributed by atoms with van der Waals surface area (Å²) in [5, 5.41) is 13.8. The number of aryl methyl sites for hydroxylation is 1. The zero-order chi connectivity index (χ0) is 22.8. The van der Waals surface area contributed by atoms with Crippen LogP contribution in [0.1, 0.15) is 31.8 Å². The van der Waals surface area contributed by atoms with Crippen molar-refractivity contribution in [2.45, 2.75) is 19.4 Å². The number of nitro benzene ring substituents is 1. The molecule has 8 nitrogen and oxygen atoms in total. The maximum atomic E-state index is 13.4. The third kappa shape index (κ3) is 3.85. The van der Waals surface area contributed by atoms with Crippen molar-refractivity contribution >= 4 is 29.1 Å². The highest BCUT2D eigenvalue weighted by molar-refractivity contribution is 6.23. The average molecular weight is 429 g/mol. The predicted octanol–water partition coefficient (Wildman–Crippen LogP) is 3.75. The summed E-state index contributed by atoms with van der Waals surface area (Å²) in [5.74, 6) is -1.69. The van der Waals surface area contributed by atoms with Crippen LogP contribution in [0.2, 0.25) is 0 Å². The SMILES string of the molecule is Cc1ccc([N+](=O)[O-])cc1NC(=O)[C@@H](Cc1ccccc1)N1C(=O)c2ccccc2C1=O. The topological polar surface area (TPSA) is 110 Å². The van der Waals surface area contributed by atoms with Gasteiger partial charge in [-0.2, -0.15) is 0 Å².